The van der Waals surface area contributed by atoms with E-state index in [0.29, 0.717) is 0 Å². The number of benzene rings is 7. The van der Waals surface area contributed by atoms with Crippen molar-refractivity contribution in [3.8, 4) is 11.4 Å². The van der Waals surface area contributed by atoms with Gasteiger partial charge in [0.15, 0.2) is 0 Å². The second kappa shape index (κ2) is 9.55. The summed E-state index contributed by atoms with van der Waals surface area (Å²) >= 11 is 0. The van der Waals surface area contributed by atoms with E-state index in [2.05, 4.69) is 162 Å². The van der Waals surface area contributed by atoms with Gasteiger partial charge in [-0.25, -0.2) is 9.36 Å². The summed E-state index contributed by atoms with van der Waals surface area (Å²) in [5.41, 5.74) is 15.2. The van der Waals surface area contributed by atoms with Crippen LogP contribution in [-0.4, -0.2) is 26.3 Å². The largest absolute Gasteiger partial charge is 0.456 e. The van der Waals surface area contributed by atoms with Gasteiger partial charge in [0.25, 0.3) is 6.71 Å². The quantitative estimate of drug-likeness (QED) is 0.179. The molecule has 6 nitrogen and oxygen atoms in total. The smallest absolute Gasteiger partial charge is 0.253 e. The average Bonchev–Trinajstić information content (AvgIpc) is 3.83. The lowest BCUT2D eigenvalue weighted by Gasteiger charge is -2.34. The molecule has 3 aromatic heterocycles. The number of anilines is 3. The van der Waals surface area contributed by atoms with Crippen LogP contribution >= 0.6 is 0 Å². The molecule has 7 heteroatoms. The molecule has 0 bridgehead atoms. The Morgan fingerprint density at radius 1 is 0.529 bits per heavy atom. The fourth-order valence-electron chi connectivity index (χ4n) is 9.16. The molecule has 51 heavy (non-hydrogen) atoms. The van der Waals surface area contributed by atoms with Crippen LogP contribution in [0.15, 0.2) is 138 Å². The van der Waals surface area contributed by atoms with Crippen molar-refractivity contribution in [1.82, 2.24) is 19.6 Å². The molecule has 0 fully saturated rings. The molecule has 10 aromatic rings. The fraction of sp³-hybridized carbons (Fsp3) is 0.0455. The highest BCUT2D eigenvalue weighted by Gasteiger charge is 2.43. The van der Waals surface area contributed by atoms with E-state index >= 15 is 0 Å². The Balaban J connectivity index is 1.30. The third-order valence-electron chi connectivity index (χ3n) is 11.2. The Morgan fingerprint density at radius 3 is 1.90 bits per heavy atom. The minimum absolute atomic E-state index is 0.0718. The second-order valence-electron chi connectivity index (χ2n) is 13.9. The Kier molecular flexibility index (Phi) is 5.10. The zero-order valence-electron chi connectivity index (χ0n) is 27.9. The van der Waals surface area contributed by atoms with Crippen molar-refractivity contribution in [2.45, 2.75) is 13.8 Å². The first-order chi connectivity index (χ1) is 25.1. The summed E-state index contributed by atoms with van der Waals surface area (Å²) in [4.78, 5) is 2.34. The van der Waals surface area contributed by atoms with Gasteiger partial charge in [-0.15, -0.1) is 0 Å². The molecule has 238 valence electrons. The molecule has 0 unspecified atom stereocenters. The number of para-hydroxylation sites is 3. The average molecular weight is 654 g/mol. The molecule has 5 heterocycles. The van der Waals surface area contributed by atoms with E-state index in [1.54, 1.807) is 0 Å². The normalized spacial score (nSPS) is 12.9. The number of aryl methyl sites for hydroxylation is 2. The van der Waals surface area contributed by atoms with Crippen LogP contribution in [0.1, 0.15) is 11.4 Å². The van der Waals surface area contributed by atoms with Crippen LogP contribution in [0.4, 0.5) is 17.1 Å². The summed E-state index contributed by atoms with van der Waals surface area (Å²) in [5, 5.41) is 17.7. The van der Waals surface area contributed by atoms with Gasteiger partial charge in [0, 0.05) is 32.9 Å². The molecule has 12 rings (SSSR count). The molecular weight excluding hydrogens is 625 g/mol. The first-order valence-electron chi connectivity index (χ1n) is 17.5. The summed E-state index contributed by atoms with van der Waals surface area (Å²) in [5.74, 6) is 0. The minimum atomic E-state index is -0.0718. The van der Waals surface area contributed by atoms with Gasteiger partial charge in [-0.1, -0.05) is 84.9 Å². The first-order valence-corrected chi connectivity index (χ1v) is 17.5. The van der Waals surface area contributed by atoms with Crippen molar-refractivity contribution in [2.75, 3.05) is 4.90 Å². The fourth-order valence-corrected chi connectivity index (χ4v) is 9.16. The summed E-state index contributed by atoms with van der Waals surface area (Å²) in [6.45, 7) is 4.19. The number of nitrogens with zero attached hydrogens (tertiary/aromatic N) is 5. The third kappa shape index (κ3) is 3.42. The lowest BCUT2D eigenvalue weighted by Crippen LogP contribution is -2.60. The zero-order chi connectivity index (χ0) is 33.5. The van der Waals surface area contributed by atoms with Crippen LogP contribution in [0.5, 0.6) is 0 Å². The zero-order valence-corrected chi connectivity index (χ0v) is 27.9. The standard InChI is InChI=1S/C44H28BN5O/c1-25-33-24-38-40(32-19-11-12-20-37(32)51-38)42-43(33)49(46-25)35-22-30(48(28-14-5-3-6-15-28)29-16-7-4-8-17-29)23-36-41(35)45(42)34-21-27-13-9-10-18-31(27)39-26(2)47-50(36)44(34)39/h3-24H,1-2H3. The SMILES string of the molecule is Cc1nn2c3c(c4c(cc13)oc1ccccc14)B1c3c-2cc(N(c2ccccc2)c2ccccc2)cc3-n2nc(C)c3c4ccccc4cc1c32. The Hall–Kier alpha value is -6.60. The van der Waals surface area contributed by atoms with Crippen LogP contribution in [0.25, 0.3) is 65.9 Å². The van der Waals surface area contributed by atoms with Crippen LogP contribution < -0.4 is 21.3 Å². The third-order valence-corrected chi connectivity index (χ3v) is 11.2. The van der Waals surface area contributed by atoms with E-state index in [4.69, 9.17) is 14.6 Å². The maximum atomic E-state index is 6.62. The van der Waals surface area contributed by atoms with Crippen molar-refractivity contribution < 1.29 is 4.42 Å². The topological polar surface area (TPSA) is 52.0 Å². The Labute approximate surface area is 292 Å². The van der Waals surface area contributed by atoms with Gasteiger partial charge in [0.2, 0.25) is 0 Å². The molecule has 0 atom stereocenters. The van der Waals surface area contributed by atoms with Gasteiger partial charge in [-0.3, -0.25) is 0 Å². The predicted octanol–water partition coefficient (Wildman–Crippen LogP) is 8.65. The number of hydrogen-bond acceptors (Lipinski definition) is 4. The van der Waals surface area contributed by atoms with Gasteiger partial charge in [0.1, 0.15) is 11.2 Å². The van der Waals surface area contributed by atoms with Crippen LogP contribution in [0, 0.1) is 13.8 Å². The van der Waals surface area contributed by atoms with E-state index in [1.165, 1.54) is 38.1 Å². The van der Waals surface area contributed by atoms with E-state index in [-0.39, 0.29) is 6.71 Å². The summed E-state index contributed by atoms with van der Waals surface area (Å²) in [6, 6.07) is 47.7. The molecular formula is C44H28BN5O. The Bertz CT molecular complexity index is 3080. The minimum Gasteiger partial charge on any atom is -0.456 e. The molecule has 2 aliphatic rings. The molecule has 0 spiro atoms. The number of furan rings is 1. The van der Waals surface area contributed by atoms with Crippen molar-refractivity contribution in [2.24, 2.45) is 0 Å². The molecule has 0 saturated carbocycles. The van der Waals surface area contributed by atoms with E-state index < -0.39 is 0 Å². The van der Waals surface area contributed by atoms with E-state index in [9.17, 15) is 0 Å². The van der Waals surface area contributed by atoms with Crippen molar-refractivity contribution in [1.29, 1.82) is 0 Å². The second-order valence-corrected chi connectivity index (χ2v) is 13.9. The van der Waals surface area contributed by atoms with Crippen LogP contribution in [0.3, 0.4) is 0 Å². The van der Waals surface area contributed by atoms with Crippen molar-refractivity contribution >= 4 is 94.7 Å². The lowest BCUT2D eigenvalue weighted by molar-refractivity contribution is 0.669. The van der Waals surface area contributed by atoms with Crippen LogP contribution in [-0.2, 0) is 0 Å². The number of hydrogen-bond donors (Lipinski definition) is 0. The maximum absolute atomic E-state index is 6.62. The van der Waals surface area contributed by atoms with Gasteiger partial charge in [-0.05, 0) is 89.5 Å². The first kappa shape index (κ1) is 27.3. The molecule has 0 amide bonds. The summed E-state index contributed by atoms with van der Waals surface area (Å²) in [7, 11) is 0. The van der Waals surface area contributed by atoms with E-state index in [1.807, 2.05) is 0 Å². The monoisotopic (exact) mass is 653 g/mol. The molecule has 2 aliphatic heterocycles. The van der Waals surface area contributed by atoms with Crippen LogP contribution in [0.2, 0.25) is 0 Å². The summed E-state index contributed by atoms with van der Waals surface area (Å²) < 4.78 is 11.0. The number of rotatable bonds is 3. The van der Waals surface area contributed by atoms with Crippen molar-refractivity contribution in [3.63, 3.8) is 0 Å². The molecule has 0 N–H and O–H groups in total. The highest BCUT2D eigenvalue weighted by Crippen LogP contribution is 2.42. The van der Waals surface area contributed by atoms with Crippen molar-refractivity contribution in [3.05, 3.63) is 145 Å². The summed E-state index contributed by atoms with van der Waals surface area (Å²) in [6.07, 6.45) is 0. The maximum Gasteiger partial charge on any atom is 0.253 e. The highest BCUT2D eigenvalue weighted by molar-refractivity contribution is 7.01. The number of fused-ring (bicyclic) bond motifs is 10. The predicted molar refractivity (Wildman–Crippen MR) is 209 cm³/mol. The molecule has 0 radical (unpaired) electrons. The lowest BCUT2D eigenvalue weighted by atomic mass is 9.33. The van der Waals surface area contributed by atoms with Gasteiger partial charge in [-0.2, -0.15) is 10.2 Å². The number of aromatic nitrogens is 4. The van der Waals surface area contributed by atoms with Gasteiger partial charge >= 0.3 is 0 Å². The molecule has 0 aliphatic carbocycles. The molecule has 0 saturated heterocycles. The Morgan fingerprint density at radius 2 is 1.16 bits per heavy atom. The van der Waals surface area contributed by atoms with Gasteiger partial charge in [0.05, 0.1) is 39.5 Å². The van der Waals surface area contributed by atoms with Gasteiger partial charge < -0.3 is 9.32 Å². The molecule has 7 aromatic carbocycles. The van der Waals surface area contributed by atoms with E-state index in [0.717, 1.165) is 72.7 Å². The highest BCUT2D eigenvalue weighted by atomic mass is 16.3.